The molecule has 1 heterocycles. The zero-order chi connectivity index (χ0) is 9.97. The fourth-order valence-electron chi connectivity index (χ4n) is 1.31. The van der Waals surface area contributed by atoms with Gasteiger partial charge in [0.1, 0.15) is 6.33 Å². The molecule has 2 atom stereocenters. The fraction of sp³-hybridized carbons (Fsp3) is 0.300. The van der Waals surface area contributed by atoms with E-state index in [1.807, 2.05) is 6.08 Å². The summed E-state index contributed by atoms with van der Waals surface area (Å²) in [4.78, 5) is 19.1. The molecule has 0 spiro atoms. The number of hydrogen-bond donors (Lipinski definition) is 1. The second-order valence-corrected chi connectivity index (χ2v) is 3.34. The Morgan fingerprint density at radius 1 is 1.57 bits per heavy atom. The SMILES string of the molecule is C=C[C@@H]1C[C@H]1NC(=O)c1cncnc1. The van der Waals surface area contributed by atoms with Gasteiger partial charge in [-0.3, -0.25) is 4.79 Å². The molecule has 0 unspecified atom stereocenters. The van der Waals surface area contributed by atoms with Gasteiger partial charge in [0.05, 0.1) is 5.56 Å². The molecule has 4 nitrogen and oxygen atoms in total. The number of aromatic nitrogens is 2. The second kappa shape index (κ2) is 3.57. The topological polar surface area (TPSA) is 54.9 Å². The quantitative estimate of drug-likeness (QED) is 0.715. The number of carbonyl (C=O) groups excluding carboxylic acids is 1. The molecule has 1 N–H and O–H groups in total. The number of hydrogen-bond acceptors (Lipinski definition) is 3. The first-order valence-electron chi connectivity index (χ1n) is 4.49. The number of amides is 1. The van der Waals surface area contributed by atoms with Crippen LogP contribution in [0.3, 0.4) is 0 Å². The first kappa shape index (κ1) is 8.87. The molecule has 0 radical (unpaired) electrons. The van der Waals surface area contributed by atoms with Gasteiger partial charge in [-0.2, -0.15) is 0 Å². The molecular formula is C10H11N3O. The molecule has 72 valence electrons. The van der Waals surface area contributed by atoms with Gasteiger partial charge in [-0.1, -0.05) is 6.08 Å². The van der Waals surface area contributed by atoms with Crippen molar-refractivity contribution in [1.29, 1.82) is 0 Å². The molecule has 2 rings (SSSR count). The van der Waals surface area contributed by atoms with Crippen LogP contribution in [0.2, 0.25) is 0 Å². The van der Waals surface area contributed by atoms with E-state index in [1.54, 1.807) is 0 Å². The van der Waals surface area contributed by atoms with Gasteiger partial charge in [0, 0.05) is 18.4 Å². The van der Waals surface area contributed by atoms with E-state index in [-0.39, 0.29) is 11.9 Å². The van der Waals surface area contributed by atoms with E-state index in [0.717, 1.165) is 6.42 Å². The highest BCUT2D eigenvalue weighted by Crippen LogP contribution is 2.31. The van der Waals surface area contributed by atoms with Crippen LogP contribution < -0.4 is 5.32 Å². The summed E-state index contributed by atoms with van der Waals surface area (Å²) in [5.41, 5.74) is 0.502. The Hall–Kier alpha value is -1.71. The molecule has 1 amide bonds. The maximum absolute atomic E-state index is 11.5. The average Bonchev–Trinajstić information content (AvgIpc) is 2.98. The van der Waals surface area contributed by atoms with Gasteiger partial charge in [-0.15, -0.1) is 6.58 Å². The Bertz CT molecular complexity index is 350. The third kappa shape index (κ3) is 1.79. The predicted octanol–water partition coefficient (Wildman–Crippen LogP) is 0.781. The first-order chi connectivity index (χ1) is 6.81. The highest BCUT2D eigenvalue weighted by molar-refractivity contribution is 5.93. The Labute approximate surface area is 82.1 Å². The van der Waals surface area contributed by atoms with Crippen molar-refractivity contribution in [2.75, 3.05) is 0 Å². The van der Waals surface area contributed by atoms with Crippen molar-refractivity contribution in [3.05, 3.63) is 36.9 Å². The normalized spacial score (nSPS) is 24.0. The van der Waals surface area contributed by atoms with Crippen molar-refractivity contribution in [1.82, 2.24) is 15.3 Å². The van der Waals surface area contributed by atoms with E-state index in [2.05, 4.69) is 21.9 Å². The zero-order valence-corrected chi connectivity index (χ0v) is 7.68. The zero-order valence-electron chi connectivity index (χ0n) is 7.68. The molecule has 14 heavy (non-hydrogen) atoms. The summed E-state index contributed by atoms with van der Waals surface area (Å²) in [6.07, 6.45) is 7.27. The lowest BCUT2D eigenvalue weighted by molar-refractivity contribution is 0.0949. The summed E-state index contributed by atoms with van der Waals surface area (Å²) in [7, 11) is 0. The van der Waals surface area contributed by atoms with Crippen LogP contribution in [0.25, 0.3) is 0 Å². The van der Waals surface area contributed by atoms with E-state index in [4.69, 9.17) is 0 Å². The van der Waals surface area contributed by atoms with Crippen molar-refractivity contribution < 1.29 is 4.79 Å². The Balaban J connectivity index is 1.94. The molecule has 0 bridgehead atoms. The van der Waals surface area contributed by atoms with Crippen molar-refractivity contribution in [3.63, 3.8) is 0 Å². The van der Waals surface area contributed by atoms with Gasteiger partial charge < -0.3 is 5.32 Å². The van der Waals surface area contributed by atoms with Gasteiger partial charge in [0.15, 0.2) is 0 Å². The van der Waals surface area contributed by atoms with Crippen LogP contribution in [0.15, 0.2) is 31.4 Å². The second-order valence-electron chi connectivity index (χ2n) is 3.34. The van der Waals surface area contributed by atoms with E-state index in [0.29, 0.717) is 11.5 Å². The van der Waals surface area contributed by atoms with Gasteiger partial charge in [0.25, 0.3) is 5.91 Å². The summed E-state index contributed by atoms with van der Waals surface area (Å²) in [5, 5.41) is 2.88. The molecule has 4 heteroatoms. The van der Waals surface area contributed by atoms with Crippen LogP contribution in [-0.2, 0) is 0 Å². The number of rotatable bonds is 3. The van der Waals surface area contributed by atoms with Gasteiger partial charge in [-0.25, -0.2) is 9.97 Å². The molecule has 0 aliphatic heterocycles. The van der Waals surface area contributed by atoms with Gasteiger partial charge >= 0.3 is 0 Å². The lowest BCUT2D eigenvalue weighted by atomic mass is 10.3. The Kier molecular flexibility index (Phi) is 2.26. The van der Waals surface area contributed by atoms with Crippen molar-refractivity contribution in [2.45, 2.75) is 12.5 Å². The molecule has 1 saturated carbocycles. The summed E-state index contributed by atoms with van der Waals surface area (Å²) in [6, 6.07) is 0.250. The van der Waals surface area contributed by atoms with Crippen LogP contribution in [0.4, 0.5) is 0 Å². The molecule has 1 aromatic rings. The molecule has 1 aliphatic carbocycles. The van der Waals surface area contributed by atoms with E-state index in [9.17, 15) is 4.79 Å². The monoisotopic (exact) mass is 189 g/mol. The van der Waals surface area contributed by atoms with Crippen LogP contribution >= 0.6 is 0 Å². The summed E-state index contributed by atoms with van der Waals surface area (Å²) in [5.74, 6) is 0.323. The third-order valence-corrected chi connectivity index (χ3v) is 2.28. The lowest BCUT2D eigenvalue weighted by Gasteiger charge is -2.01. The molecular weight excluding hydrogens is 178 g/mol. The smallest absolute Gasteiger partial charge is 0.254 e. The summed E-state index contributed by atoms with van der Waals surface area (Å²) < 4.78 is 0. The van der Waals surface area contributed by atoms with Crippen molar-refractivity contribution in [2.24, 2.45) is 5.92 Å². The van der Waals surface area contributed by atoms with E-state index < -0.39 is 0 Å². The fourth-order valence-corrected chi connectivity index (χ4v) is 1.31. The number of nitrogens with zero attached hydrogens (tertiary/aromatic N) is 2. The number of carbonyl (C=O) groups is 1. The molecule has 1 aliphatic rings. The molecule has 0 aromatic carbocycles. The van der Waals surface area contributed by atoms with Crippen molar-refractivity contribution >= 4 is 5.91 Å². The van der Waals surface area contributed by atoms with Crippen LogP contribution in [0.5, 0.6) is 0 Å². The highest BCUT2D eigenvalue weighted by atomic mass is 16.1. The minimum absolute atomic E-state index is 0.111. The minimum atomic E-state index is -0.111. The lowest BCUT2D eigenvalue weighted by Crippen LogP contribution is -2.26. The standard InChI is InChI=1S/C10H11N3O/c1-2-7-3-9(7)13-10(14)8-4-11-6-12-5-8/h2,4-7,9H,1,3H2,(H,13,14)/t7-,9-/m1/s1. The van der Waals surface area contributed by atoms with Gasteiger partial charge in [-0.05, 0) is 12.3 Å². The average molecular weight is 189 g/mol. The van der Waals surface area contributed by atoms with Crippen LogP contribution in [-0.4, -0.2) is 21.9 Å². The van der Waals surface area contributed by atoms with Crippen LogP contribution in [0.1, 0.15) is 16.8 Å². The molecule has 0 saturated heterocycles. The third-order valence-electron chi connectivity index (χ3n) is 2.28. The largest absolute Gasteiger partial charge is 0.349 e. The summed E-state index contributed by atoms with van der Waals surface area (Å²) >= 11 is 0. The maximum Gasteiger partial charge on any atom is 0.254 e. The predicted molar refractivity (Wildman–Crippen MR) is 51.6 cm³/mol. The van der Waals surface area contributed by atoms with Crippen molar-refractivity contribution in [3.8, 4) is 0 Å². The highest BCUT2D eigenvalue weighted by Gasteiger charge is 2.35. The first-order valence-corrected chi connectivity index (χ1v) is 4.49. The minimum Gasteiger partial charge on any atom is -0.349 e. The van der Waals surface area contributed by atoms with Gasteiger partial charge in [0.2, 0.25) is 0 Å². The maximum atomic E-state index is 11.5. The summed E-state index contributed by atoms with van der Waals surface area (Å²) in [6.45, 7) is 3.68. The Morgan fingerprint density at radius 3 is 2.86 bits per heavy atom. The molecule has 1 aromatic heterocycles. The van der Waals surface area contributed by atoms with E-state index in [1.165, 1.54) is 18.7 Å². The number of nitrogens with one attached hydrogen (secondary N) is 1. The van der Waals surface area contributed by atoms with E-state index >= 15 is 0 Å². The Morgan fingerprint density at radius 2 is 2.29 bits per heavy atom. The van der Waals surface area contributed by atoms with Crippen LogP contribution in [0, 0.1) is 5.92 Å². The molecule has 1 fully saturated rings.